The fourth-order valence-electron chi connectivity index (χ4n) is 2.09. The van der Waals surface area contributed by atoms with Crippen LogP contribution in [0.1, 0.15) is 39.1 Å². The van der Waals surface area contributed by atoms with Crippen molar-refractivity contribution in [2.75, 3.05) is 14.2 Å². The lowest BCUT2D eigenvalue weighted by molar-refractivity contribution is -0.142. The molecular formula is C13H13NO4. The van der Waals surface area contributed by atoms with Crippen molar-refractivity contribution in [2.45, 2.75) is 12.8 Å². The van der Waals surface area contributed by atoms with Gasteiger partial charge in [-0.25, -0.2) is 0 Å². The number of benzene rings is 1. The number of carbonyl (C=O) groups is 3. The predicted octanol–water partition coefficient (Wildman–Crippen LogP) is 1.19. The number of imide groups is 1. The van der Waals surface area contributed by atoms with Gasteiger partial charge in [0, 0.05) is 7.05 Å². The lowest BCUT2D eigenvalue weighted by atomic mass is 9.93. The van der Waals surface area contributed by atoms with E-state index in [1.807, 2.05) is 0 Å². The van der Waals surface area contributed by atoms with Crippen LogP contribution >= 0.6 is 0 Å². The maximum Gasteiger partial charge on any atom is 0.312 e. The molecule has 1 aromatic carbocycles. The average molecular weight is 247 g/mol. The Labute approximate surface area is 104 Å². The molecule has 1 unspecified atom stereocenters. The van der Waals surface area contributed by atoms with Gasteiger partial charge in [0.2, 0.25) is 0 Å². The lowest BCUT2D eigenvalue weighted by Gasteiger charge is -2.12. The molecular weight excluding hydrogens is 234 g/mol. The van der Waals surface area contributed by atoms with E-state index in [1.165, 1.54) is 14.2 Å². The average Bonchev–Trinajstić information content (AvgIpc) is 2.62. The Hall–Kier alpha value is -2.17. The van der Waals surface area contributed by atoms with Crippen molar-refractivity contribution in [1.82, 2.24) is 4.90 Å². The molecule has 1 aromatic rings. The SMILES string of the molecule is COC(=O)C(C)c1cccc2c1C(=O)N(C)C2=O. The van der Waals surface area contributed by atoms with Crippen LogP contribution in [0.5, 0.6) is 0 Å². The van der Waals surface area contributed by atoms with Gasteiger partial charge in [-0.1, -0.05) is 12.1 Å². The Kier molecular flexibility index (Phi) is 2.90. The molecule has 0 aromatic heterocycles. The van der Waals surface area contributed by atoms with E-state index in [2.05, 4.69) is 4.74 Å². The van der Waals surface area contributed by atoms with Crippen LogP contribution in [0.3, 0.4) is 0 Å². The van der Waals surface area contributed by atoms with Crippen LogP contribution in [0.4, 0.5) is 0 Å². The Bertz CT molecular complexity index is 550. The molecule has 1 atom stereocenters. The van der Waals surface area contributed by atoms with Gasteiger partial charge in [0.1, 0.15) is 0 Å². The molecule has 18 heavy (non-hydrogen) atoms. The number of hydrogen-bond donors (Lipinski definition) is 0. The number of methoxy groups -OCH3 is 1. The Balaban J connectivity index is 2.57. The van der Waals surface area contributed by atoms with Crippen LogP contribution in [0, 0.1) is 0 Å². The van der Waals surface area contributed by atoms with E-state index in [1.54, 1.807) is 25.1 Å². The monoisotopic (exact) mass is 247 g/mol. The first-order valence-corrected chi connectivity index (χ1v) is 5.52. The van der Waals surface area contributed by atoms with Crippen molar-refractivity contribution >= 4 is 17.8 Å². The molecule has 1 heterocycles. The van der Waals surface area contributed by atoms with Gasteiger partial charge in [0.25, 0.3) is 11.8 Å². The smallest absolute Gasteiger partial charge is 0.312 e. The zero-order valence-corrected chi connectivity index (χ0v) is 10.4. The minimum atomic E-state index is -0.576. The maximum absolute atomic E-state index is 12.0. The summed E-state index contributed by atoms with van der Waals surface area (Å²) in [6.45, 7) is 1.65. The van der Waals surface area contributed by atoms with Crippen molar-refractivity contribution in [2.24, 2.45) is 0 Å². The Morgan fingerprint density at radius 1 is 1.28 bits per heavy atom. The normalized spacial score (nSPS) is 15.6. The molecule has 0 bridgehead atoms. The molecule has 0 aliphatic carbocycles. The molecule has 5 nitrogen and oxygen atoms in total. The van der Waals surface area contributed by atoms with Gasteiger partial charge in [-0.3, -0.25) is 19.3 Å². The highest BCUT2D eigenvalue weighted by molar-refractivity contribution is 6.22. The number of ether oxygens (including phenoxy) is 1. The second-order valence-electron chi connectivity index (χ2n) is 4.18. The van der Waals surface area contributed by atoms with Gasteiger partial charge in [0.15, 0.2) is 0 Å². The van der Waals surface area contributed by atoms with Crippen LogP contribution < -0.4 is 0 Å². The molecule has 1 aliphatic rings. The van der Waals surface area contributed by atoms with Gasteiger partial charge in [-0.15, -0.1) is 0 Å². The number of esters is 1. The second-order valence-corrected chi connectivity index (χ2v) is 4.18. The van der Waals surface area contributed by atoms with Crippen molar-refractivity contribution in [1.29, 1.82) is 0 Å². The molecule has 0 saturated carbocycles. The molecule has 0 N–H and O–H groups in total. The first-order chi connectivity index (χ1) is 8.49. The van der Waals surface area contributed by atoms with E-state index in [-0.39, 0.29) is 11.8 Å². The largest absolute Gasteiger partial charge is 0.469 e. The van der Waals surface area contributed by atoms with E-state index in [0.717, 1.165) is 4.90 Å². The van der Waals surface area contributed by atoms with Gasteiger partial charge in [-0.2, -0.15) is 0 Å². The van der Waals surface area contributed by atoms with E-state index in [9.17, 15) is 14.4 Å². The predicted molar refractivity (Wildman–Crippen MR) is 63.3 cm³/mol. The summed E-state index contributed by atoms with van der Waals surface area (Å²) in [5.41, 5.74) is 1.18. The molecule has 0 saturated heterocycles. The summed E-state index contributed by atoms with van der Waals surface area (Å²) in [5, 5.41) is 0. The standard InChI is InChI=1S/C13H13NO4/c1-7(13(17)18-3)8-5-4-6-9-10(8)12(16)14(2)11(9)15/h4-7H,1-3H3. The molecule has 1 aliphatic heterocycles. The number of fused-ring (bicyclic) bond motifs is 1. The van der Waals surface area contributed by atoms with Crippen LogP contribution in [0.15, 0.2) is 18.2 Å². The Morgan fingerprint density at radius 2 is 1.94 bits per heavy atom. The highest BCUT2D eigenvalue weighted by Crippen LogP contribution is 2.30. The van der Waals surface area contributed by atoms with Crippen LogP contribution in [0.25, 0.3) is 0 Å². The highest BCUT2D eigenvalue weighted by Gasteiger charge is 2.36. The summed E-state index contributed by atoms with van der Waals surface area (Å²) in [7, 11) is 2.72. The zero-order valence-electron chi connectivity index (χ0n) is 10.4. The van der Waals surface area contributed by atoms with Gasteiger partial charge in [-0.05, 0) is 18.6 Å². The topological polar surface area (TPSA) is 63.7 Å². The molecule has 0 radical (unpaired) electrons. The Morgan fingerprint density at radius 3 is 2.56 bits per heavy atom. The third-order valence-corrected chi connectivity index (χ3v) is 3.17. The molecule has 94 valence electrons. The van der Waals surface area contributed by atoms with Crippen molar-refractivity contribution in [3.8, 4) is 0 Å². The van der Waals surface area contributed by atoms with Crippen LogP contribution in [-0.2, 0) is 9.53 Å². The summed E-state index contributed by atoms with van der Waals surface area (Å²) < 4.78 is 4.67. The fourth-order valence-corrected chi connectivity index (χ4v) is 2.09. The number of rotatable bonds is 2. The molecule has 0 fully saturated rings. The molecule has 0 spiro atoms. The second kappa shape index (κ2) is 4.25. The highest BCUT2D eigenvalue weighted by atomic mass is 16.5. The quantitative estimate of drug-likeness (QED) is 0.581. The van der Waals surface area contributed by atoms with Crippen molar-refractivity contribution in [3.05, 3.63) is 34.9 Å². The number of nitrogens with zero attached hydrogens (tertiary/aromatic N) is 1. The van der Waals surface area contributed by atoms with Gasteiger partial charge in [0.05, 0.1) is 24.2 Å². The van der Waals surface area contributed by atoms with Gasteiger partial charge < -0.3 is 4.74 Å². The van der Waals surface area contributed by atoms with E-state index >= 15 is 0 Å². The first-order valence-electron chi connectivity index (χ1n) is 5.52. The van der Waals surface area contributed by atoms with E-state index in [0.29, 0.717) is 16.7 Å². The number of carbonyl (C=O) groups excluding carboxylic acids is 3. The van der Waals surface area contributed by atoms with Crippen molar-refractivity contribution < 1.29 is 19.1 Å². The molecule has 5 heteroatoms. The van der Waals surface area contributed by atoms with E-state index in [4.69, 9.17) is 0 Å². The zero-order chi connectivity index (χ0) is 13.4. The van der Waals surface area contributed by atoms with E-state index < -0.39 is 11.9 Å². The van der Waals surface area contributed by atoms with Gasteiger partial charge >= 0.3 is 5.97 Å². The lowest BCUT2D eigenvalue weighted by Crippen LogP contribution is -2.25. The summed E-state index contributed by atoms with van der Waals surface area (Å²) in [4.78, 5) is 36.4. The minimum Gasteiger partial charge on any atom is -0.469 e. The van der Waals surface area contributed by atoms with Crippen LogP contribution in [-0.4, -0.2) is 36.8 Å². The number of hydrogen-bond acceptors (Lipinski definition) is 4. The maximum atomic E-state index is 12.0. The summed E-state index contributed by atoms with van der Waals surface area (Å²) in [6, 6.07) is 4.93. The minimum absolute atomic E-state index is 0.308. The fraction of sp³-hybridized carbons (Fsp3) is 0.308. The first kappa shape index (κ1) is 12.3. The summed E-state index contributed by atoms with van der Waals surface area (Å²) in [6.07, 6.45) is 0. The third-order valence-electron chi connectivity index (χ3n) is 3.17. The van der Waals surface area contributed by atoms with Crippen LogP contribution in [0.2, 0.25) is 0 Å². The summed E-state index contributed by atoms with van der Waals surface area (Å²) in [5.74, 6) is -1.72. The summed E-state index contributed by atoms with van der Waals surface area (Å²) >= 11 is 0. The molecule has 2 rings (SSSR count). The third kappa shape index (κ3) is 1.59. The molecule has 2 amide bonds. The number of amides is 2. The van der Waals surface area contributed by atoms with Crippen molar-refractivity contribution in [3.63, 3.8) is 0 Å².